The van der Waals surface area contributed by atoms with Crippen LogP contribution < -0.4 is 10.1 Å². The molecule has 1 amide bonds. The molecule has 0 spiro atoms. The molecule has 1 aromatic carbocycles. The number of ether oxygens (including phenoxy) is 1. The average molecular weight is 332 g/mol. The molecule has 0 aliphatic heterocycles. The molecule has 100 valence electrons. The fourth-order valence-electron chi connectivity index (χ4n) is 1.48. The van der Waals surface area contributed by atoms with E-state index in [1.165, 1.54) is 0 Å². The lowest BCUT2D eigenvalue weighted by molar-refractivity contribution is 0.0953. The third-order valence-electron chi connectivity index (χ3n) is 2.47. The first-order valence-corrected chi connectivity index (χ1v) is 7.98. The van der Waals surface area contributed by atoms with Crippen molar-refractivity contribution in [2.24, 2.45) is 0 Å². The highest BCUT2D eigenvalue weighted by Crippen LogP contribution is 2.25. The average Bonchev–Trinajstić information content (AvgIpc) is 2.38. The fourth-order valence-corrected chi connectivity index (χ4v) is 2.52. The molecule has 0 unspecified atom stereocenters. The van der Waals surface area contributed by atoms with Gasteiger partial charge in [0.2, 0.25) is 0 Å². The maximum absolute atomic E-state index is 11.9. The summed E-state index contributed by atoms with van der Waals surface area (Å²) in [5.41, 5.74) is 0.646. The highest BCUT2D eigenvalue weighted by atomic mass is 79.9. The summed E-state index contributed by atoms with van der Waals surface area (Å²) in [5.74, 6) is 1.83. The lowest BCUT2D eigenvalue weighted by atomic mass is 10.2. The highest BCUT2D eigenvalue weighted by molar-refractivity contribution is 9.10. The maximum atomic E-state index is 11.9. The second-order valence-electron chi connectivity index (χ2n) is 3.81. The number of unbranched alkanes of at least 4 members (excludes halogenated alkanes) is 1. The molecular formula is C13H18BrNO2S. The number of hydrogen-bond acceptors (Lipinski definition) is 3. The number of thioether (sulfide) groups is 1. The fraction of sp³-hybridized carbons (Fsp3) is 0.462. The van der Waals surface area contributed by atoms with Crippen molar-refractivity contribution in [3.63, 3.8) is 0 Å². The highest BCUT2D eigenvalue weighted by Gasteiger charge is 2.07. The van der Waals surface area contributed by atoms with Gasteiger partial charge in [0, 0.05) is 12.1 Å². The molecule has 1 N–H and O–H groups in total. The predicted molar refractivity (Wildman–Crippen MR) is 80.6 cm³/mol. The number of nitrogens with one attached hydrogen (secondary N) is 1. The van der Waals surface area contributed by atoms with Crippen molar-refractivity contribution in [3.8, 4) is 5.75 Å². The summed E-state index contributed by atoms with van der Waals surface area (Å²) in [7, 11) is 1.60. The van der Waals surface area contributed by atoms with Gasteiger partial charge in [-0.2, -0.15) is 11.8 Å². The first kappa shape index (κ1) is 15.4. The topological polar surface area (TPSA) is 38.3 Å². The van der Waals surface area contributed by atoms with Crippen molar-refractivity contribution in [1.82, 2.24) is 5.32 Å². The van der Waals surface area contributed by atoms with Gasteiger partial charge in [0.05, 0.1) is 11.6 Å². The summed E-state index contributed by atoms with van der Waals surface area (Å²) in [6.07, 6.45) is 4.24. The van der Waals surface area contributed by atoms with Crippen molar-refractivity contribution in [1.29, 1.82) is 0 Å². The normalized spacial score (nSPS) is 10.2. The molecule has 0 radical (unpaired) electrons. The zero-order valence-corrected chi connectivity index (χ0v) is 13.1. The van der Waals surface area contributed by atoms with Crippen molar-refractivity contribution in [3.05, 3.63) is 28.2 Å². The van der Waals surface area contributed by atoms with Crippen LogP contribution in [-0.4, -0.2) is 31.6 Å². The minimum Gasteiger partial charge on any atom is -0.496 e. The minimum atomic E-state index is -0.0393. The standard InChI is InChI=1S/C13H18BrNO2S/c1-17-12-6-5-10(9-11(12)14)13(16)15-7-3-4-8-18-2/h5-6,9H,3-4,7-8H2,1-2H3,(H,15,16). The number of hydrogen-bond donors (Lipinski definition) is 1. The second-order valence-corrected chi connectivity index (χ2v) is 5.65. The van der Waals surface area contributed by atoms with E-state index in [1.54, 1.807) is 25.3 Å². The van der Waals surface area contributed by atoms with Crippen LogP contribution in [0.25, 0.3) is 0 Å². The Morgan fingerprint density at radius 2 is 2.22 bits per heavy atom. The molecule has 0 saturated carbocycles. The zero-order valence-electron chi connectivity index (χ0n) is 10.7. The molecule has 18 heavy (non-hydrogen) atoms. The van der Waals surface area contributed by atoms with Gasteiger partial charge in [-0.15, -0.1) is 0 Å². The lowest BCUT2D eigenvalue weighted by Gasteiger charge is -2.07. The van der Waals surface area contributed by atoms with Gasteiger partial charge >= 0.3 is 0 Å². The Morgan fingerprint density at radius 3 is 2.83 bits per heavy atom. The Kier molecular flexibility index (Phi) is 7.20. The van der Waals surface area contributed by atoms with Gasteiger partial charge < -0.3 is 10.1 Å². The van der Waals surface area contributed by atoms with E-state index >= 15 is 0 Å². The molecule has 0 atom stereocenters. The van der Waals surface area contributed by atoms with Gasteiger partial charge in [0.1, 0.15) is 5.75 Å². The van der Waals surface area contributed by atoms with Crippen LogP contribution in [0.4, 0.5) is 0 Å². The van der Waals surface area contributed by atoms with E-state index in [9.17, 15) is 4.79 Å². The number of methoxy groups -OCH3 is 1. The molecule has 0 fully saturated rings. The number of amides is 1. The van der Waals surface area contributed by atoms with Crippen LogP contribution in [0.5, 0.6) is 5.75 Å². The third kappa shape index (κ3) is 4.90. The quantitative estimate of drug-likeness (QED) is 0.779. The van der Waals surface area contributed by atoms with Gasteiger partial charge in [0.15, 0.2) is 0 Å². The summed E-state index contributed by atoms with van der Waals surface area (Å²) in [6, 6.07) is 5.32. The largest absolute Gasteiger partial charge is 0.496 e. The molecule has 5 heteroatoms. The summed E-state index contributed by atoms with van der Waals surface area (Å²) in [4.78, 5) is 11.9. The molecule has 0 aromatic heterocycles. The minimum absolute atomic E-state index is 0.0393. The van der Waals surface area contributed by atoms with Gasteiger partial charge in [-0.25, -0.2) is 0 Å². The molecule has 0 heterocycles. The Bertz CT molecular complexity index is 399. The number of carbonyl (C=O) groups is 1. The van der Waals surface area contributed by atoms with Crippen molar-refractivity contribution in [2.75, 3.05) is 25.7 Å². The van der Waals surface area contributed by atoms with E-state index in [4.69, 9.17) is 4.74 Å². The number of halogens is 1. The smallest absolute Gasteiger partial charge is 0.251 e. The molecule has 0 aliphatic carbocycles. The summed E-state index contributed by atoms with van der Waals surface area (Å²) >= 11 is 5.20. The number of rotatable bonds is 7. The lowest BCUT2D eigenvalue weighted by Crippen LogP contribution is -2.24. The molecular weight excluding hydrogens is 314 g/mol. The molecule has 0 bridgehead atoms. The molecule has 0 saturated heterocycles. The monoisotopic (exact) mass is 331 g/mol. The van der Waals surface area contributed by atoms with Crippen LogP contribution in [-0.2, 0) is 0 Å². The van der Waals surface area contributed by atoms with E-state index in [0.29, 0.717) is 5.56 Å². The van der Waals surface area contributed by atoms with E-state index < -0.39 is 0 Å². The molecule has 0 aliphatic rings. The number of benzene rings is 1. The van der Waals surface area contributed by atoms with Crippen LogP contribution >= 0.6 is 27.7 Å². The second kappa shape index (κ2) is 8.43. The van der Waals surface area contributed by atoms with E-state index in [1.807, 2.05) is 11.8 Å². The van der Waals surface area contributed by atoms with E-state index in [2.05, 4.69) is 27.5 Å². The van der Waals surface area contributed by atoms with Gasteiger partial charge in [-0.1, -0.05) is 0 Å². The van der Waals surface area contributed by atoms with Crippen LogP contribution in [0.3, 0.4) is 0 Å². The Hall–Kier alpha value is -0.680. The maximum Gasteiger partial charge on any atom is 0.251 e. The van der Waals surface area contributed by atoms with E-state index in [-0.39, 0.29) is 5.91 Å². The van der Waals surface area contributed by atoms with Crippen LogP contribution in [0.1, 0.15) is 23.2 Å². The SMILES string of the molecule is COc1ccc(C(=O)NCCCCSC)cc1Br. The Balaban J connectivity index is 2.44. The predicted octanol–water partition coefficient (Wildman–Crippen LogP) is 3.33. The van der Waals surface area contributed by atoms with E-state index in [0.717, 1.165) is 35.4 Å². The van der Waals surface area contributed by atoms with Gasteiger partial charge in [0.25, 0.3) is 5.91 Å². The summed E-state index contributed by atoms with van der Waals surface area (Å²) in [5, 5.41) is 2.91. The van der Waals surface area contributed by atoms with Crippen LogP contribution in [0.2, 0.25) is 0 Å². The van der Waals surface area contributed by atoms with Crippen molar-refractivity contribution < 1.29 is 9.53 Å². The summed E-state index contributed by atoms with van der Waals surface area (Å²) in [6.45, 7) is 0.725. The molecule has 1 rings (SSSR count). The van der Waals surface area contributed by atoms with Gasteiger partial charge in [-0.3, -0.25) is 4.79 Å². The first-order chi connectivity index (χ1) is 8.69. The van der Waals surface area contributed by atoms with Crippen molar-refractivity contribution in [2.45, 2.75) is 12.8 Å². The Labute approximate surface area is 121 Å². The van der Waals surface area contributed by atoms with Crippen LogP contribution in [0, 0.1) is 0 Å². The third-order valence-corrected chi connectivity index (χ3v) is 3.79. The Morgan fingerprint density at radius 1 is 1.44 bits per heavy atom. The first-order valence-electron chi connectivity index (χ1n) is 5.79. The molecule has 3 nitrogen and oxygen atoms in total. The number of carbonyl (C=O) groups excluding carboxylic acids is 1. The summed E-state index contributed by atoms with van der Waals surface area (Å²) < 4.78 is 5.92. The van der Waals surface area contributed by atoms with Crippen LogP contribution in [0.15, 0.2) is 22.7 Å². The van der Waals surface area contributed by atoms with Crippen molar-refractivity contribution >= 4 is 33.6 Å². The molecule has 1 aromatic rings. The van der Waals surface area contributed by atoms with Gasteiger partial charge in [-0.05, 0) is 59.0 Å². The zero-order chi connectivity index (χ0) is 13.4.